The molecule has 13 heavy (non-hydrogen) atoms. The molecule has 0 aromatic carbocycles. The Kier molecular flexibility index (Phi) is 2.27. The van der Waals surface area contributed by atoms with Gasteiger partial charge in [0, 0.05) is 24.6 Å². The summed E-state index contributed by atoms with van der Waals surface area (Å²) in [4.78, 5) is 5.34. The van der Waals surface area contributed by atoms with Gasteiger partial charge in [-0.25, -0.2) is 4.39 Å². The summed E-state index contributed by atoms with van der Waals surface area (Å²) in [7, 11) is 2.16. The number of pyridine rings is 1. The Labute approximate surface area is 77.4 Å². The zero-order chi connectivity index (χ0) is 9.26. The van der Waals surface area contributed by atoms with E-state index in [4.69, 9.17) is 0 Å². The number of nitrogens with one attached hydrogen (secondary N) is 1. The molecule has 1 aromatic rings. The molecule has 1 fully saturated rings. The molecule has 1 saturated heterocycles. The van der Waals surface area contributed by atoms with Crippen molar-refractivity contribution in [3.05, 3.63) is 29.8 Å². The highest BCUT2D eigenvalue weighted by Gasteiger charge is 2.26. The summed E-state index contributed by atoms with van der Waals surface area (Å²) in [6.07, 6.45) is 5.42. The lowest BCUT2D eigenvalue weighted by atomic mass is 10.1. The number of nitrogens with zero attached hydrogens (tertiary/aromatic N) is 1. The minimum atomic E-state index is -0.225. The predicted octanol–water partition coefficient (Wildman–Crippen LogP) is 0.570. The van der Waals surface area contributed by atoms with E-state index in [2.05, 4.69) is 12.0 Å². The van der Waals surface area contributed by atoms with Crippen LogP contribution in [0.5, 0.6) is 0 Å². The number of hydrogen-bond acceptors (Lipinski definition) is 1. The van der Waals surface area contributed by atoms with Crippen LogP contribution in [0.1, 0.15) is 24.4 Å². The number of likely N-dealkylation sites (tertiary alicyclic amines) is 1. The highest BCUT2D eigenvalue weighted by atomic mass is 19.1. The fourth-order valence-corrected chi connectivity index (χ4v) is 2.08. The molecule has 1 aliphatic rings. The largest absolute Gasteiger partial charge is 0.331 e. The van der Waals surface area contributed by atoms with Gasteiger partial charge in [-0.15, -0.1) is 0 Å². The summed E-state index contributed by atoms with van der Waals surface area (Å²) in [6, 6.07) is 2.05. The quantitative estimate of drug-likeness (QED) is 0.670. The monoisotopic (exact) mass is 181 g/mol. The normalized spacial score (nSPS) is 27.8. The van der Waals surface area contributed by atoms with Crippen molar-refractivity contribution >= 4 is 0 Å². The number of quaternary nitrogens is 1. The van der Waals surface area contributed by atoms with Gasteiger partial charge in [0.1, 0.15) is 11.9 Å². The highest BCUT2D eigenvalue weighted by molar-refractivity contribution is 5.13. The van der Waals surface area contributed by atoms with E-state index >= 15 is 0 Å². The zero-order valence-corrected chi connectivity index (χ0v) is 7.76. The fourth-order valence-electron chi connectivity index (χ4n) is 2.08. The summed E-state index contributed by atoms with van der Waals surface area (Å²) < 4.78 is 12.9. The van der Waals surface area contributed by atoms with Gasteiger partial charge in [-0.05, 0) is 6.07 Å². The van der Waals surface area contributed by atoms with Crippen LogP contribution in [0.15, 0.2) is 18.5 Å². The lowest BCUT2D eigenvalue weighted by Crippen LogP contribution is -3.07. The second-order valence-corrected chi connectivity index (χ2v) is 3.73. The molecule has 1 aliphatic heterocycles. The van der Waals surface area contributed by atoms with Crippen molar-refractivity contribution in [2.24, 2.45) is 0 Å². The molecule has 0 bridgehead atoms. The molecule has 2 heterocycles. The van der Waals surface area contributed by atoms with E-state index in [1.807, 2.05) is 0 Å². The Morgan fingerprint density at radius 2 is 2.38 bits per heavy atom. The van der Waals surface area contributed by atoms with Crippen molar-refractivity contribution in [3.63, 3.8) is 0 Å². The van der Waals surface area contributed by atoms with Gasteiger partial charge < -0.3 is 4.90 Å². The van der Waals surface area contributed by atoms with Gasteiger partial charge in [-0.2, -0.15) is 0 Å². The average molecular weight is 181 g/mol. The molecule has 0 aliphatic carbocycles. The first-order chi connectivity index (χ1) is 6.27. The minimum absolute atomic E-state index is 0.225. The molecule has 0 spiro atoms. The van der Waals surface area contributed by atoms with Crippen LogP contribution in [-0.4, -0.2) is 18.6 Å². The summed E-state index contributed by atoms with van der Waals surface area (Å²) >= 11 is 0. The minimum Gasteiger partial charge on any atom is -0.331 e. The van der Waals surface area contributed by atoms with Crippen LogP contribution in [0.3, 0.4) is 0 Å². The first kappa shape index (κ1) is 8.63. The molecular formula is C10H14FN2+. The van der Waals surface area contributed by atoms with Crippen LogP contribution in [-0.2, 0) is 0 Å². The molecule has 1 N–H and O–H groups in total. The van der Waals surface area contributed by atoms with Gasteiger partial charge in [0.05, 0.1) is 19.8 Å². The number of hydrogen-bond donors (Lipinski definition) is 1. The van der Waals surface area contributed by atoms with Gasteiger partial charge in [0.2, 0.25) is 0 Å². The molecule has 1 unspecified atom stereocenters. The van der Waals surface area contributed by atoms with E-state index in [1.54, 1.807) is 12.3 Å². The van der Waals surface area contributed by atoms with Crippen molar-refractivity contribution in [2.75, 3.05) is 13.6 Å². The fraction of sp³-hybridized carbons (Fsp3) is 0.500. The number of aromatic nitrogens is 1. The standard InChI is InChI=1S/C10H13FN2/c1-13-4-2-3-10(13)8-5-9(11)7-12-6-8/h5-7,10H,2-4H2,1H3/p+1/t10-/m0/s1. The third-order valence-corrected chi connectivity index (χ3v) is 2.79. The van der Waals surface area contributed by atoms with Crippen LogP contribution >= 0.6 is 0 Å². The Morgan fingerprint density at radius 3 is 3.00 bits per heavy atom. The van der Waals surface area contributed by atoms with Crippen molar-refractivity contribution in [1.82, 2.24) is 4.98 Å². The van der Waals surface area contributed by atoms with Crippen LogP contribution in [0.2, 0.25) is 0 Å². The van der Waals surface area contributed by atoms with Crippen LogP contribution in [0, 0.1) is 5.82 Å². The lowest BCUT2D eigenvalue weighted by molar-refractivity contribution is -0.898. The maximum Gasteiger partial charge on any atom is 0.141 e. The van der Waals surface area contributed by atoms with Crippen LogP contribution in [0.25, 0.3) is 0 Å². The van der Waals surface area contributed by atoms with Gasteiger partial charge >= 0.3 is 0 Å². The predicted molar refractivity (Wildman–Crippen MR) is 47.9 cm³/mol. The first-order valence-corrected chi connectivity index (χ1v) is 4.70. The van der Waals surface area contributed by atoms with Gasteiger partial charge in [0.25, 0.3) is 0 Å². The zero-order valence-electron chi connectivity index (χ0n) is 7.76. The molecule has 0 saturated carbocycles. The number of rotatable bonds is 1. The van der Waals surface area contributed by atoms with E-state index in [0.717, 1.165) is 12.0 Å². The molecular weight excluding hydrogens is 167 g/mol. The Morgan fingerprint density at radius 1 is 1.54 bits per heavy atom. The molecule has 0 radical (unpaired) electrons. The van der Waals surface area contributed by atoms with Gasteiger partial charge in [-0.1, -0.05) is 0 Å². The molecule has 2 nitrogen and oxygen atoms in total. The Bertz CT molecular complexity index is 301. The molecule has 1 aromatic heterocycles. The third kappa shape index (κ3) is 1.70. The lowest BCUT2D eigenvalue weighted by Gasteiger charge is -2.16. The molecule has 70 valence electrons. The van der Waals surface area contributed by atoms with Crippen LogP contribution in [0.4, 0.5) is 4.39 Å². The van der Waals surface area contributed by atoms with E-state index in [-0.39, 0.29) is 5.82 Å². The molecule has 2 atom stereocenters. The third-order valence-electron chi connectivity index (χ3n) is 2.79. The molecule has 2 rings (SSSR count). The highest BCUT2D eigenvalue weighted by Crippen LogP contribution is 2.18. The Balaban J connectivity index is 2.24. The SMILES string of the molecule is C[NH+]1CCC[C@H]1c1cncc(F)c1. The van der Waals surface area contributed by atoms with Crippen LogP contribution < -0.4 is 4.90 Å². The second kappa shape index (κ2) is 3.42. The summed E-state index contributed by atoms with van der Waals surface area (Å²) in [5, 5.41) is 0. The van der Waals surface area contributed by atoms with Crippen molar-refractivity contribution < 1.29 is 9.29 Å². The average Bonchev–Trinajstić information content (AvgIpc) is 2.51. The van der Waals surface area contributed by atoms with Crippen molar-refractivity contribution in [2.45, 2.75) is 18.9 Å². The number of halogens is 1. The molecule has 0 amide bonds. The second-order valence-electron chi connectivity index (χ2n) is 3.73. The summed E-state index contributed by atoms with van der Waals surface area (Å²) in [5.74, 6) is -0.225. The molecule has 3 heteroatoms. The summed E-state index contributed by atoms with van der Waals surface area (Å²) in [5.41, 5.74) is 1.04. The van der Waals surface area contributed by atoms with Crippen molar-refractivity contribution in [3.8, 4) is 0 Å². The Hall–Kier alpha value is -0.960. The topological polar surface area (TPSA) is 17.3 Å². The smallest absolute Gasteiger partial charge is 0.141 e. The van der Waals surface area contributed by atoms with Gasteiger partial charge in [-0.3, -0.25) is 4.98 Å². The maximum absolute atomic E-state index is 12.9. The van der Waals surface area contributed by atoms with E-state index < -0.39 is 0 Å². The van der Waals surface area contributed by atoms with Gasteiger partial charge in [0.15, 0.2) is 0 Å². The van der Waals surface area contributed by atoms with E-state index in [0.29, 0.717) is 6.04 Å². The first-order valence-electron chi connectivity index (χ1n) is 4.70. The summed E-state index contributed by atoms with van der Waals surface area (Å²) in [6.45, 7) is 1.18. The van der Waals surface area contributed by atoms with Crippen molar-refractivity contribution in [1.29, 1.82) is 0 Å². The van der Waals surface area contributed by atoms with E-state index in [1.165, 1.54) is 24.1 Å². The maximum atomic E-state index is 12.9. The van der Waals surface area contributed by atoms with E-state index in [9.17, 15) is 4.39 Å².